The Morgan fingerprint density at radius 2 is 2.16 bits per heavy atom. The molecule has 1 fully saturated rings. The molecule has 31 heavy (non-hydrogen) atoms. The molecule has 8 nitrogen and oxygen atoms in total. The van der Waals surface area contributed by atoms with Crippen LogP contribution < -0.4 is 15.8 Å². The lowest BCUT2D eigenvalue weighted by atomic mass is 10.1. The van der Waals surface area contributed by atoms with Gasteiger partial charge in [0, 0.05) is 17.7 Å². The highest BCUT2D eigenvalue weighted by atomic mass is 19.2. The van der Waals surface area contributed by atoms with Gasteiger partial charge >= 0.3 is 0 Å². The lowest BCUT2D eigenvalue weighted by Gasteiger charge is -2.10. The van der Waals surface area contributed by atoms with E-state index in [0.717, 1.165) is 6.07 Å². The van der Waals surface area contributed by atoms with Gasteiger partial charge < -0.3 is 20.5 Å². The maximum atomic E-state index is 14.3. The first kappa shape index (κ1) is 21.9. The number of alkyl halides is 1. The monoisotopic (exact) mass is 433 g/mol. The molecule has 1 heterocycles. The van der Waals surface area contributed by atoms with Crippen molar-refractivity contribution in [1.29, 1.82) is 0 Å². The number of hydrogen-bond donors (Lipinski definition) is 2. The van der Waals surface area contributed by atoms with E-state index in [0.29, 0.717) is 6.42 Å². The molecule has 0 spiro atoms. The van der Waals surface area contributed by atoms with E-state index in [1.54, 1.807) is 6.92 Å². The van der Waals surface area contributed by atoms with E-state index < -0.39 is 36.4 Å². The van der Waals surface area contributed by atoms with Crippen molar-refractivity contribution in [3.05, 3.63) is 47.4 Å². The molecule has 1 aromatic carbocycles. The van der Waals surface area contributed by atoms with E-state index >= 15 is 0 Å². The number of nitrogens with one attached hydrogen (secondary N) is 1. The van der Waals surface area contributed by atoms with Crippen LogP contribution in [0.1, 0.15) is 35.3 Å². The van der Waals surface area contributed by atoms with Crippen molar-refractivity contribution < 1.29 is 27.4 Å². The highest BCUT2D eigenvalue weighted by Gasteiger charge is 2.43. The summed E-state index contributed by atoms with van der Waals surface area (Å²) < 4.78 is 50.8. The van der Waals surface area contributed by atoms with Crippen molar-refractivity contribution in [1.82, 2.24) is 9.97 Å². The van der Waals surface area contributed by atoms with Crippen LogP contribution in [0.15, 0.2) is 29.5 Å². The van der Waals surface area contributed by atoms with Gasteiger partial charge in [-0.3, -0.25) is 4.79 Å². The number of halogens is 3. The lowest BCUT2D eigenvalue weighted by molar-refractivity contribution is 0.102. The van der Waals surface area contributed by atoms with E-state index in [1.807, 2.05) is 0 Å². The van der Waals surface area contributed by atoms with Crippen molar-refractivity contribution in [3.8, 4) is 17.7 Å². The van der Waals surface area contributed by atoms with E-state index in [9.17, 15) is 18.0 Å². The first-order valence-electron chi connectivity index (χ1n) is 9.10. The number of anilines is 1. The summed E-state index contributed by atoms with van der Waals surface area (Å²) in [6.45, 7) is 0.751. The summed E-state index contributed by atoms with van der Waals surface area (Å²) in [4.78, 5) is 23.5. The Bertz CT molecular complexity index is 1050. The third-order valence-corrected chi connectivity index (χ3v) is 4.26. The molecule has 1 amide bonds. The van der Waals surface area contributed by atoms with Crippen LogP contribution in [-0.4, -0.2) is 41.4 Å². The number of rotatable bonds is 7. The van der Waals surface area contributed by atoms with Gasteiger partial charge in [0.25, 0.3) is 11.9 Å². The SMILES string of the molecule is CC#CCOc1cnc(C(=O)Nc2cc(F)c(F)c([C@H]3C[C@H]3OC(N)=NCF)c2)cn1. The molecular weight excluding hydrogens is 415 g/mol. The molecule has 0 radical (unpaired) electrons. The van der Waals surface area contributed by atoms with Gasteiger partial charge in [0.1, 0.15) is 11.8 Å². The van der Waals surface area contributed by atoms with E-state index in [-0.39, 0.29) is 35.5 Å². The van der Waals surface area contributed by atoms with Gasteiger partial charge in [0.2, 0.25) is 5.88 Å². The largest absolute Gasteiger partial charge is 0.463 e. The van der Waals surface area contributed by atoms with Crippen LogP contribution in [0.25, 0.3) is 0 Å². The first-order valence-corrected chi connectivity index (χ1v) is 9.10. The molecule has 1 saturated carbocycles. The average molecular weight is 433 g/mol. The summed E-state index contributed by atoms with van der Waals surface area (Å²) >= 11 is 0. The molecular formula is C20H18F3N5O3. The van der Waals surface area contributed by atoms with Crippen LogP contribution in [0.2, 0.25) is 0 Å². The van der Waals surface area contributed by atoms with Gasteiger partial charge in [0.05, 0.1) is 12.4 Å². The van der Waals surface area contributed by atoms with Gasteiger partial charge in [-0.1, -0.05) is 5.92 Å². The summed E-state index contributed by atoms with van der Waals surface area (Å²) in [5.74, 6) is 2.14. The van der Waals surface area contributed by atoms with E-state index in [1.165, 1.54) is 18.5 Å². The molecule has 3 rings (SSSR count). The standard InChI is InChI=1S/C20H18F3N5O3/c1-2-3-4-30-17-9-25-15(8-26-17)19(29)28-11-5-13(18(23)14(22)6-11)12-7-16(12)31-20(24)27-10-21/h5-6,8-9,12,16H,4,7,10H2,1H3,(H2,24,27)(H,28,29)/t12-,16-/m1/s1. The smallest absolute Gasteiger partial charge is 0.284 e. The Labute approximate surface area is 175 Å². The van der Waals surface area contributed by atoms with Crippen LogP contribution in [0.3, 0.4) is 0 Å². The van der Waals surface area contributed by atoms with Crippen molar-refractivity contribution >= 4 is 17.6 Å². The summed E-state index contributed by atoms with van der Waals surface area (Å²) in [5.41, 5.74) is 5.34. The Kier molecular flexibility index (Phi) is 6.92. The zero-order chi connectivity index (χ0) is 22.4. The summed E-state index contributed by atoms with van der Waals surface area (Å²) in [5, 5.41) is 2.45. The van der Waals surface area contributed by atoms with Crippen LogP contribution in [0.5, 0.6) is 5.88 Å². The van der Waals surface area contributed by atoms with Crippen molar-refractivity contribution in [2.24, 2.45) is 10.7 Å². The number of ether oxygens (including phenoxy) is 2. The van der Waals surface area contributed by atoms with Gasteiger partial charge in [-0.25, -0.2) is 28.1 Å². The normalized spacial score (nSPS) is 17.4. The lowest BCUT2D eigenvalue weighted by Crippen LogP contribution is -2.18. The Hall–Kier alpha value is -3.81. The minimum absolute atomic E-state index is 0.000198. The number of hydrogen-bond acceptors (Lipinski definition) is 6. The van der Waals surface area contributed by atoms with Crippen LogP contribution in [0.4, 0.5) is 18.9 Å². The first-order chi connectivity index (χ1) is 14.9. The van der Waals surface area contributed by atoms with Crippen LogP contribution >= 0.6 is 0 Å². The molecule has 0 unspecified atom stereocenters. The van der Waals surface area contributed by atoms with Gasteiger partial charge in [-0.05, 0) is 25.0 Å². The second-order valence-electron chi connectivity index (χ2n) is 6.39. The number of amides is 1. The van der Waals surface area contributed by atoms with Gasteiger partial charge in [-0.15, -0.1) is 5.92 Å². The molecule has 2 atom stereocenters. The second-order valence-corrected chi connectivity index (χ2v) is 6.39. The molecule has 1 aliphatic carbocycles. The summed E-state index contributed by atoms with van der Waals surface area (Å²) in [7, 11) is 0. The number of amidine groups is 1. The van der Waals surface area contributed by atoms with Crippen molar-refractivity contribution in [2.75, 3.05) is 18.7 Å². The fourth-order valence-corrected chi connectivity index (χ4v) is 2.72. The minimum Gasteiger partial charge on any atom is -0.463 e. The number of benzene rings is 1. The van der Waals surface area contributed by atoms with Gasteiger partial charge in [0.15, 0.2) is 25.0 Å². The Morgan fingerprint density at radius 3 is 2.84 bits per heavy atom. The Morgan fingerprint density at radius 1 is 1.35 bits per heavy atom. The highest BCUT2D eigenvalue weighted by Crippen LogP contribution is 2.45. The molecule has 0 bridgehead atoms. The molecule has 1 aliphatic rings. The topological polar surface area (TPSA) is 112 Å². The third-order valence-electron chi connectivity index (χ3n) is 4.26. The van der Waals surface area contributed by atoms with Crippen LogP contribution in [0, 0.1) is 23.5 Å². The maximum absolute atomic E-state index is 14.3. The number of nitrogens with two attached hydrogens (primary N) is 1. The van der Waals surface area contributed by atoms with E-state index in [4.69, 9.17) is 15.2 Å². The van der Waals surface area contributed by atoms with E-state index in [2.05, 4.69) is 32.1 Å². The molecule has 11 heteroatoms. The quantitative estimate of drug-likeness (QED) is 0.300. The summed E-state index contributed by atoms with van der Waals surface area (Å²) in [6.07, 6.45) is 2.21. The zero-order valence-corrected chi connectivity index (χ0v) is 16.4. The molecule has 1 aromatic heterocycles. The molecule has 162 valence electrons. The molecule has 3 N–H and O–H groups in total. The molecule has 0 aliphatic heterocycles. The predicted molar refractivity (Wildman–Crippen MR) is 105 cm³/mol. The fraction of sp³-hybridized carbons (Fsp3) is 0.300. The highest BCUT2D eigenvalue weighted by molar-refractivity contribution is 6.02. The number of aliphatic imine (C=N–C) groups is 1. The number of nitrogens with zero attached hydrogens (tertiary/aromatic N) is 3. The Balaban J connectivity index is 1.68. The third kappa shape index (κ3) is 5.63. The number of aromatic nitrogens is 2. The second kappa shape index (κ2) is 9.80. The van der Waals surface area contributed by atoms with Crippen molar-refractivity contribution in [2.45, 2.75) is 25.4 Å². The van der Waals surface area contributed by atoms with Crippen molar-refractivity contribution in [3.63, 3.8) is 0 Å². The van der Waals surface area contributed by atoms with Crippen LogP contribution in [-0.2, 0) is 4.74 Å². The predicted octanol–water partition coefficient (Wildman–Crippen LogP) is 2.52. The number of carbonyl (C=O) groups is 1. The minimum atomic E-state index is -1.14. The average Bonchev–Trinajstić information content (AvgIpc) is 3.50. The number of carbonyl (C=O) groups excluding carboxylic acids is 1. The summed E-state index contributed by atoms with van der Waals surface area (Å²) in [6, 6.07) is 1.77. The molecule has 0 saturated heterocycles. The fourth-order valence-electron chi connectivity index (χ4n) is 2.72. The zero-order valence-electron chi connectivity index (χ0n) is 16.4. The van der Waals surface area contributed by atoms with Gasteiger partial charge in [-0.2, -0.15) is 0 Å². The molecule has 2 aromatic rings. The maximum Gasteiger partial charge on any atom is 0.284 e.